The maximum absolute atomic E-state index is 13.6. The number of carbonyl (C=O) groups excluding carboxylic acids is 3. The van der Waals surface area contributed by atoms with Gasteiger partial charge in [0.15, 0.2) is 0 Å². The number of nitrogens with two attached hydrogens (primary N) is 1. The molecule has 5 aromatic carbocycles. The van der Waals surface area contributed by atoms with E-state index in [1.54, 1.807) is 54.6 Å². The zero-order valence-corrected chi connectivity index (χ0v) is 27.4. The van der Waals surface area contributed by atoms with E-state index in [4.69, 9.17) is 5.14 Å². The molecule has 48 heavy (non-hydrogen) atoms. The van der Waals surface area contributed by atoms with E-state index in [0.717, 1.165) is 16.7 Å². The van der Waals surface area contributed by atoms with Crippen molar-refractivity contribution in [2.24, 2.45) is 5.14 Å². The van der Waals surface area contributed by atoms with E-state index >= 15 is 0 Å². The predicted molar refractivity (Wildman–Crippen MR) is 190 cm³/mol. The van der Waals surface area contributed by atoms with Crippen LogP contribution in [-0.4, -0.2) is 26.1 Å². The molecule has 0 saturated heterocycles. The quantitative estimate of drug-likeness (QED) is 0.0925. The van der Waals surface area contributed by atoms with Crippen LogP contribution >= 0.6 is 11.8 Å². The summed E-state index contributed by atoms with van der Waals surface area (Å²) < 4.78 is 23.3. The third-order valence-electron chi connectivity index (χ3n) is 7.15. The highest BCUT2D eigenvalue weighted by molar-refractivity contribution is 8.00. The second-order valence-electron chi connectivity index (χ2n) is 10.7. The SMILES string of the molecule is Cc1ccccc1/C=C(\NC(=O)c1ccccc1)C(=O)Nc1cccc(SC(C(=O)Nc2ccc(S(N)(=O)=O)cc2)c2ccccc2)c1. The van der Waals surface area contributed by atoms with E-state index in [2.05, 4.69) is 16.0 Å². The topological polar surface area (TPSA) is 147 Å². The van der Waals surface area contributed by atoms with Crippen LogP contribution in [0.1, 0.15) is 32.3 Å². The fourth-order valence-corrected chi connectivity index (χ4v) is 6.26. The Labute approximate surface area is 283 Å². The Hall–Kier alpha value is -5.49. The molecular weight excluding hydrogens is 645 g/mol. The molecular formula is C37H32N4O5S2. The van der Waals surface area contributed by atoms with Crippen molar-refractivity contribution in [3.05, 3.63) is 161 Å². The molecule has 0 bridgehead atoms. The molecule has 0 aliphatic heterocycles. The van der Waals surface area contributed by atoms with Crippen LogP contribution in [0.2, 0.25) is 0 Å². The minimum absolute atomic E-state index is 0.0613. The van der Waals surface area contributed by atoms with E-state index in [1.165, 1.54) is 36.0 Å². The van der Waals surface area contributed by atoms with Crippen LogP contribution in [0.3, 0.4) is 0 Å². The lowest BCUT2D eigenvalue weighted by Gasteiger charge is -2.18. The van der Waals surface area contributed by atoms with E-state index in [9.17, 15) is 22.8 Å². The molecule has 5 rings (SSSR count). The largest absolute Gasteiger partial charge is 0.325 e. The molecule has 5 N–H and O–H groups in total. The Morgan fingerprint density at radius 1 is 0.729 bits per heavy atom. The van der Waals surface area contributed by atoms with Crippen LogP contribution in [-0.2, 0) is 19.6 Å². The van der Waals surface area contributed by atoms with Gasteiger partial charge in [0.05, 0.1) is 4.90 Å². The average Bonchev–Trinajstić information content (AvgIpc) is 3.08. The smallest absolute Gasteiger partial charge is 0.272 e. The van der Waals surface area contributed by atoms with E-state index in [1.807, 2.05) is 67.6 Å². The Balaban J connectivity index is 1.37. The molecule has 9 nitrogen and oxygen atoms in total. The van der Waals surface area contributed by atoms with Gasteiger partial charge in [0.1, 0.15) is 10.9 Å². The van der Waals surface area contributed by atoms with Gasteiger partial charge in [0.2, 0.25) is 15.9 Å². The van der Waals surface area contributed by atoms with Crippen LogP contribution < -0.4 is 21.1 Å². The van der Waals surface area contributed by atoms with Crippen molar-refractivity contribution >= 4 is 57.0 Å². The molecule has 0 aliphatic rings. The standard InChI is InChI=1S/C37H32N4O5S2/c1-25-11-8-9-16-28(25)23-33(41-35(42)27-14-6-3-7-15-27)36(43)40-30-17-10-18-31(24-30)47-34(26-12-4-2-5-13-26)37(44)39-29-19-21-32(22-20-29)48(38,45)46/h2-24,34H,1H3,(H,39,44)(H,40,43)(H,41,42)(H2,38,45,46)/b33-23-. The van der Waals surface area contributed by atoms with Crippen molar-refractivity contribution in [3.63, 3.8) is 0 Å². The van der Waals surface area contributed by atoms with Crippen LogP contribution in [0.25, 0.3) is 6.08 Å². The molecule has 3 amide bonds. The second kappa shape index (κ2) is 15.4. The van der Waals surface area contributed by atoms with Crippen molar-refractivity contribution in [2.45, 2.75) is 22.0 Å². The fourth-order valence-electron chi connectivity index (χ4n) is 4.66. The van der Waals surface area contributed by atoms with Gasteiger partial charge in [-0.05, 0) is 84.3 Å². The Morgan fingerprint density at radius 2 is 1.38 bits per heavy atom. The Morgan fingerprint density at radius 3 is 2.04 bits per heavy atom. The number of thioether (sulfide) groups is 1. The zero-order chi connectivity index (χ0) is 34.1. The minimum Gasteiger partial charge on any atom is -0.325 e. The summed E-state index contributed by atoms with van der Waals surface area (Å²) in [6.45, 7) is 1.92. The lowest BCUT2D eigenvalue weighted by Crippen LogP contribution is -2.30. The summed E-state index contributed by atoms with van der Waals surface area (Å²) in [5.41, 5.74) is 3.77. The van der Waals surface area contributed by atoms with Gasteiger partial charge in [-0.25, -0.2) is 13.6 Å². The highest BCUT2D eigenvalue weighted by Gasteiger charge is 2.23. The number of primary sulfonamides is 1. The molecule has 0 aromatic heterocycles. The first-order valence-electron chi connectivity index (χ1n) is 14.8. The Bertz CT molecular complexity index is 2070. The number of aryl methyl sites for hydroxylation is 1. The zero-order valence-electron chi connectivity index (χ0n) is 25.8. The third-order valence-corrected chi connectivity index (χ3v) is 9.33. The average molecular weight is 677 g/mol. The normalized spacial score (nSPS) is 12.1. The molecule has 1 unspecified atom stereocenters. The Kier molecular flexibility index (Phi) is 10.9. The van der Waals surface area contributed by atoms with Crippen LogP contribution in [0.5, 0.6) is 0 Å². The van der Waals surface area contributed by atoms with Gasteiger partial charge < -0.3 is 16.0 Å². The molecule has 0 fully saturated rings. The van der Waals surface area contributed by atoms with Crippen molar-refractivity contribution in [1.29, 1.82) is 0 Å². The number of amides is 3. The van der Waals surface area contributed by atoms with Gasteiger partial charge in [0, 0.05) is 21.8 Å². The first-order chi connectivity index (χ1) is 23.1. The molecule has 5 aromatic rings. The number of hydrogen-bond acceptors (Lipinski definition) is 6. The highest BCUT2D eigenvalue weighted by Crippen LogP contribution is 2.37. The predicted octanol–water partition coefficient (Wildman–Crippen LogP) is 6.52. The number of hydrogen-bond donors (Lipinski definition) is 4. The first kappa shape index (κ1) is 33.9. The van der Waals surface area contributed by atoms with Crippen LogP contribution in [0.4, 0.5) is 11.4 Å². The molecule has 0 heterocycles. The van der Waals surface area contributed by atoms with E-state index in [-0.39, 0.29) is 16.5 Å². The van der Waals surface area contributed by atoms with Gasteiger partial charge in [-0.2, -0.15) is 0 Å². The first-order valence-corrected chi connectivity index (χ1v) is 17.2. The summed E-state index contributed by atoms with van der Waals surface area (Å²) in [5, 5.41) is 13.0. The van der Waals surface area contributed by atoms with Gasteiger partial charge in [-0.1, -0.05) is 78.9 Å². The number of nitrogens with one attached hydrogen (secondary N) is 3. The number of sulfonamides is 1. The summed E-state index contributed by atoms with van der Waals surface area (Å²) in [6, 6.07) is 38.0. The number of carbonyl (C=O) groups is 3. The van der Waals surface area contributed by atoms with Gasteiger partial charge in [0.25, 0.3) is 11.8 Å². The summed E-state index contributed by atoms with van der Waals surface area (Å²) in [5.74, 6) is -1.29. The lowest BCUT2D eigenvalue weighted by molar-refractivity contribution is -0.116. The maximum Gasteiger partial charge on any atom is 0.272 e. The van der Waals surface area contributed by atoms with Gasteiger partial charge >= 0.3 is 0 Å². The summed E-state index contributed by atoms with van der Waals surface area (Å²) >= 11 is 1.28. The molecule has 1 atom stereocenters. The number of anilines is 2. The van der Waals surface area contributed by atoms with Gasteiger partial charge in [-0.3, -0.25) is 14.4 Å². The van der Waals surface area contributed by atoms with Crippen molar-refractivity contribution in [2.75, 3.05) is 10.6 Å². The van der Waals surface area contributed by atoms with Crippen LogP contribution in [0.15, 0.2) is 149 Å². The number of benzene rings is 5. The molecule has 11 heteroatoms. The number of rotatable bonds is 11. The van der Waals surface area contributed by atoms with Crippen LogP contribution in [0, 0.1) is 6.92 Å². The fraction of sp³-hybridized carbons (Fsp3) is 0.0541. The molecule has 0 radical (unpaired) electrons. The van der Waals surface area contributed by atoms with E-state index in [0.29, 0.717) is 21.8 Å². The summed E-state index contributed by atoms with van der Waals surface area (Å²) in [7, 11) is -3.87. The summed E-state index contributed by atoms with van der Waals surface area (Å²) in [6.07, 6.45) is 1.63. The van der Waals surface area contributed by atoms with Crippen molar-refractivity contribution in [1.82, 2.24) is 5.32 Å². The van der Waals surface area contributed by atoms with Crippen molar-refractivity contribution < 1.29 is 22.8 Å². The van der Waals surface area contributed by atoms with Gasteiger partial charge in [-0.15, -0.1) is 11.8 Å². The molecule has 0 saturated carbocycles. The summed E-state index contributed by atoms with van der Waals surface area (Å²) in [4.78, 5) is 40.9. The maximum atomic E-state index is 13.6. The highest BCUT2D eigenvalue weighted by atomic mass is 32.2. The van der Waals surface area contributed by atoms with E-state index < -0.39 is 27.1 Å². The molecule has 0 spiro atoms. The second-order valence-corrected chi connectivity index (χ2v) is 13.4. The lowest BCUT2D eigenvalue weighted by atomic mass is 10.1. The van der Waals surface area contributed by atoms with Crippen molar-refractivity contribution in [3.8, 4) is 0 Å². The minimum atomic E-state index is -3.87. The molecule has 242 valence electrons. The molecule has 0 aliphatic carbocycles. The monoisotopic (exact) mass is 676 g/mol. The third kappa shape index (κ3) is 9.07.